The summed E-state index contributed by atoms with van der Waals surface area (Å²) in [4.78, 5) is 25.8. The lowest BCUT2D eigenvalue weighted by atomic mass is 10.3. The summed E-state index contributed by atoms with van der Waals surface area (Å²) in [6.07, 6.45) is 0.854. The van der Waals surface area contributed by atoms with Crippen LogP contribution in [-0.2, 0) is 11.3 Å². The van der Waals surface area contributed by atoms with Gasteiger partial charge in [-0.25, -0.2) is 9.89 Å². The van der Waals surface area contributed by atoms with Crippen LogP contribution >= 0.6 is 11.8 Å². The Bertz CT molecular complexity index is 506. The SMILES string of the molecule is CCCn1c(SC(C)C(=O)N2CCNCC2)n[nH]c1=O. The van der Waals surface area contributed by atoms with Crippen molar-refractivity contribution >= 4 is 17.7 Å². The molecule has 0 saturated carbocycles. The van der Waals surface area contributed by atoms with E-state index in [1.54, 1.807) is 4.57 Å². The zero-order chi connectivity index (χ0) is 14.5. The zero-order valence-electron chi connectivity index (χ0n) is 11.9. The number of thioether (sulfide) groups is 1. The number of nitrogens with one attached hydrogen (secondary N) is 2. The number of rotatable bonds is 5. The van der Waals surface area contributed by atoms with Gasteiger partial charge in [0.15, 0.2) is 5.16 Å². The maximum atomic E-state index is 12.3. The molecule has 1 saturated heterocycles. The van der Waals surface area contributed by atoms with Gasteiger partial charge in [0.25, 0.3) is 0 Å². The Labute approximate surface area is 122 Å². The maximum Gasteiger partial charge on any atom is 0.343 e. The smallest absolute Gasteiger partial charge is 0.339 e. The van der Waals surface area contributed by atoms with E-state index in [2.05, 4.69) is 15.5 Å². The number of nitrogens with zero attached hydrogens (tertiary/aromatic N) is 3. The van der Waals surface area contributed by atoms with Crippen LogP contribution in [0.1, 0.15) is 20.3 Å². The Hall–Kier alpha value is -1.28. The molecule has 1 aliphatic heterocycles. The Balaban J connectivity index is 2.01. The largest absolute Gasteiger partial charge is 0.343 e. The fourth-order valence-corrected chi connectivity index (χ4v) is 3.13. The first-order valence-corrected chi connectivity index (χ1v) is 7.82. The van der Waals surface area contributed by atoms with E-state index < -0.39 is 0 Å². The number of hydrogen-bond donors (Lipinski definition) is 2. The average Bonchev–Trinajstić information content (AvgIpc) is 2.81. The molecule has 0 aliphatic carbocycles. The summed E-state index contributed by atoms with van der Waals surface area (Å²) >= 11 is 1.34. The van der Waals surface area contributed by atoms with Crippen LogP contribution < -0.4 is 11.0 Å². The number of aromatic nitrogens is 3. The third-order valence-electron chi connectivity index (χ3n) is 3.23. The van der Waals surface area contributed by atoms with Crippen LogP contribution in [0.15, 0.2) is 9.95 Å². The molecule has 1 aliphatic rings. The molecule has 2 heterocycles. The highest BCUT2D eigenvalue weighted by atomic mass is 32.2. The number of carbonyl (C=O) groups excluding carboxylic acids is 1. The lowest BCUT2D eigenvalue weighted by Gasteiger charge is -2.29. The van der Waals surface area contributed by atoms with Crippen LogP contribution in [0.25, 0.3) is 0 Å². The fourth-order valence-electron chi connectivity index (χ4n) is 2.16. The van der Waals surface area contributed by atoms with E-state index in [9.17, 15) is 9.59 Å². The van der Waals surface area contributed by atoms with E-state index in [4.69, 9.17) is 0 Å². The Morgan fingerprint density at radius 1 is 1.45 bits per heavy atom. The lowest BCUT2D eigenvalue weighted by Crippen LogP contribution is -2.48. The van der Waals surface area contributed by atoms with Gasteiger partial charge >= 0.3 is 5.69 Å². The number of piperazine rings is 1. The van der Waals surface area contributed by atoms with E-state index in [0.29, 0.717) is 11.7 Å². The monoisotopic (exact) mass is 299 g/mol. The first-order valence-electron chi connectivity index (χ1n) is 6.95. The summed E-state index contributed by atoms with van der Waals surface area (Å²) in [7, 11) is 0. The van der Waals surface area contributed by atoms with Gasteiger partial charge in [0.05, 0.1) is 5.25 Å². The summed E-state index contributed by atoms with van der Waals surface area (Å²) < 4.78 is 1.59. The van der Waals surface area contributed by atoms with Crippen LogP contribution in [0, 0.1) is 0 Å². The molecule has 0 aromatic carbocycles. The Morgan fingerprint density at radius 3 is 2.80 bits per heavy atom. The molecule has 0 spiro atoms. The molecule has 7 nitrogen and oxygen atoms in total. The summed E-state index contributed by atoms with van der Waals surface area (Å²) in [6.45, 7) is 7.65. The van der Waals surface area contributed by atoms with Gasteiger partial charge in [-0.1, -0.05) is 18.7 Å². The van der Waals surface area contributed by atoms with Gasteiger partial charge < -0.3 is 10.2 Å². The molecule has 20 heavy (non-hydrogen) atoms. The van der Waals surface area contributed by atoms with Crippen LogP contribution in [0.5, 0.6) is 0 Å². The summed E-state index contributed by atoms with van der Waals surface area (Å²) in [5, 5.41) is 10.0. The van der Waals surface area contributed by atoms with E-state index >= 15 is 0 Å². The predicted molar refractivity (Wildman–Crippen MR) is 77.9 cm³/mol. The fraction of sp³-hybridized carbons (Fsp3) is 0.750. The highest BCUT2D eigenvalue weighted by molar-refractivity contribution is 8.00. The third-order valence-corrected chi connectivity index (χ3v) is 4.31. The normalized spacial score (nSPS) is 17.2. The molecule has 1 aromatic heterocycles. The molecule has 0 radical (unpaired) electrons. The summed E-state index contributed by atoms with van der Waals surface area (Å²) in [5.74, 6) is 0.106. The van der Waals surface area contributed by atoms with Crippen LogP contribution in [0.4, 0.5) is 0 Å². The van der Waals surface area contributed by atoms with Crippen molar-refractivity contribution in [1.29, 1.82) is 0 Å². The van der Waals surface area contributed by atoms with Crippen molar-refractivity contribution < 1.29 is 4.79 Å². The molecule has 0 bridgehead atoms. The second kappa shape index (κ2) is 6.94. The molecular formula is C12H21N5O2S. The van der Waals surface area contributed by atoms with Crippen LogP contribution in [-0.4, -0.2) is 57.0 Å². The van der Waals surface area contributed by atoms with Crippen molar-refractivity contribution in [2.24, 2.45) is 0 Å². The highest BCUT2D eigenvalue weighted by Gasteiger charge is 2.24. The Morgan fingerprint density at radius 2 is 2.15 bits per heavy atom. The van der Waals surface area contributed by atoms with Crippen molar-refractivity contribution in [3.63, 3.8) is 0 Å². The van der Waals surface area contributed by atoms with Crippen molar-refractivity contribution in [2.75, 3.05) is 26.2 Å². The van der Waals surface area contributed by atoms with E-state index in [1.165, 1.54) is 11.8 Å². The minimum Gasteiger partial charge on any atom is -0.339 e. The van der Waals surface area contributed by atoms with Gasteiger partial charge in [-0.3, -0.25) is 9.36 Å². The molecule has 1 unspecified atom stereocenters. The molecule has 1 amide bonds. The molecule has 2 rings (SSSR count). The van der Waals surface area contributed by atoms with Crippen molar-refractivity contribution in [1.82, 2.24) is 25.0 Å². The zero-order valence-corrected chi connectivity index (χ0v) is 12.7. The molecular weight excluding hydrogens is 278 g/mol. The number of H-pyrrole nitrogens is 1. The van der Waals surface area contributed by atoms with E-state index in [1.807, 2.05) is 18.7 Å². The van der Waals surface area contributed by atoms with Gasteiger partial charge in [0.2, 0.25) is 5.91 Å². The Kier molecular flexibility index (Phi) is 5.24. The predicted octanol–water partition coefficient (Wildman–Crippen LogP) is -0.106. The third kappa shape index (κ3) is 3.43. The van der Waals surface area contributed by atoms with Gasteiger partial charge in [0.1, 0.15) is 0 Å². The molecule has 8 heteroatoms. The van der Waals surface area contributed by atoms with E-state index in [-0.39, 0.29) is 16.8 Å². The van der Waals surface area contributed by atoms with Gasteiger partial charge in [-0.2, -0.15) is 0 Å². The quantitative estimate of drug-likeness (QED) is 0.742. The molecule has 1 fully saturated rings. The standard InChI is InChI=1S/C12H21N5O2S/c1-3-6-17-11(19)14-15-12(17)20-9(2)10(18)16-7-4-13-5-8-16/h9,13H,3-8H2,1-2H3,(H,14,19). The maximum absolute atomic E-state index is 12.3. The van der Waals surface area contributed by atoms with Crippen LogP contribution in [0.3, 0.4) is 0 Å². The molecule has 1 atom stereocenters. The average molecular weight is 299 g/mol. The van der Waals surface area contributed by atoms with Gasteiger partial charge in [-0.05, 0) is 13.3 Å². The topological polar surface area (TPSA) is 83.0 Å². The summed E-state index contributed by atoms with van der Waals surface area (Å²) in [5.41, 5.74) is -0.212. The summed E-state index contributed by atoms with van der Waals surface area (Å²) in [6, 6.07) is 0. The minimum absolute atomic E-state index is 0.106. The van der Waals surface area contributed by atoms with Crippen molar-refractivity contribution in [2.45, 2.75) is 37.2 Å². The van der Waals surface area contributed by atoms with E-state index in [0.717, 1.165) is 32.6 Å². The number of amides is 1. The van der Waals surface area contributed by atoms with Gasteiger partial charge in [0, 0.05) is 32.7 Å². The molecule has 1 aromatic rings. The first kappa shape index (κ1) is 15.1. The van der Waals surface area contributed by atoms with Gasteiger partial charge in [-0.15, -0.1) is 5.10 Å². The second-order valence-corrected chi connectivity index (χ2v) is 6.11. The molecule has 112 valence electrons. The van der Waals surface area contributed by atoms with Crippen LogP contribution in [0.2, 0.25) is 0 Å². The number of hydrogen-bond acceptors (Lipinski definition) is 5. The molecule has 2 N–H and O–H groups in total. The second-order valence-electron chi connectivity index (χ2n) is 4.80. The number of carbonyl (C=O) groups is 1. The highest BCUT2D eigenvalue weighted by Crippen LogP contribution is 2.21. The minimum atomic E-state index is -0.237. The lowest BCUT2D eigenvalue weighted by molar-refractivity contribution is -0.130. The number of aromatic amines is 1. The van der Waals surface area contributed by atoms with Crippen molar-refractivity contribution in [3.05, 3.63) is 10.5 Å². The van der Waals surface area contributed by atoms with Crippen molar-refractivity contribution in [3.8, 4) is 0 Å². The first-order chi connectivity index (χ1) is 9.63.